The van der Waals surface area contributed by atoms with E-state index in [2.05, 4.69) is 52.2 Å². The number of aryl methyl sites for hydroxylation is 1. The highest BCUT2D eigenvalue weighted by atomic mass is 16.5. The molecule has 0 radical (unpaired) electrons. The molecule has 7 heteroatoms. The van der Waals surface area contributed by atoms with Gasteiger partial charge in [0.15, 0.2) is 5.96 Å². The molecule has 0 aromatic carbocycles. The maximum atomic E-state index is 5.82. The first kappa shape index (κ1) is 21.6. The van der Waals surface area contributed by atoms with E-state index >= 15 is 0 Å². The summed E-state index contributed by atoms with van der Waals surface area (Å²) in [4.78, 5) is 9.38. The fourth-order valence-corrected chi connectivity index (χ4v) is 3.50. The predicted octanol–water partition coefficient (Wildman–Crippen LogP) is 2.57. The smallest absolute Gasteiger partial charge is 0.191 e. The van der Waals surface area contributed by atoms with Gasteiger partial charge in [-0.05, 0) is 50.7 Å². The third-order valence-corrected chi connectivity index (χ3v) is 5.16. The Bertz CT molecular complexity index is 768. The van der Waals surface area contributed by atoms with Gasteiger partial charge in [0.1, 0.15) is 5.65 Å². The highest BCUT2D eigenvalue weighted by Gasteiger charge is 2.13. The summed E-state index contributed by atoms with van der Waals surface area (Å²) in [5, 5.41) is 6.71. The van der Waals surface area contributed by atoms with Crippen LogP contribution in [0.3, 0.4) is 0 Å². The minimum absolute atomic E-state index is 0.662. The number of rotatable bonds is 10. The summed E-state index contributed by atoms with van der Waals surface area (Å²) in [6.45, 7) is 9.96. The monoisotopic (exact) mass is 401 g/mol. The molecular formula is C22H35N5O2. The second-order valence-electron chi connectivity index (χ2n) is 7.58. The molecule has 2 N–H and O–H groups in total. The number of hydrogen-bond donors (Lipinski definition) is 2. The average molecular weight is 402 g/mol. The van der Waals surface area contributed by atoms with Crippen LogP contribution in [0.2, 0.25) is 0 Å². The Balaban J connectivity index is 1.35. The van der Waals surface area contributed by atoms with Gasteiger partial charge in [-0.2, -0.15) is 0 Å². The number of fused-ring (bicyclic) bond motifs is 1. The number of ether oxygens (including phenoxy) is 2. The summed E-state index contributed by atoms with van der Waals surface area (Å²) >= 11 is 0. The van der Waals surface area contributed by atoms with Gasteiger partial charge in [0.2, 0.25) is 0 Å². The Labute approximate surface area is 173 Å². The number of hydrogen-bond acceptors (Lipinski definition) is 4. The molecule has 0 atom stereocenters. The molecule has 7 nitrogen and oxygen atoms in total. The van der Waals surface area contributed by atoms with E-state index in [4.69, 9.17) is 14.5 Å². The molecule has 3 heterocycles. The lowest BCUT2D eigenvalue weighted by Crippen LogP contribution is -2.38. The molecule has 1 saturated heterocycles. The Kier molecular flexibility index (Phi) is 8.77. The SMILES string of the molecule is CCNC(=NCCCOCC1CCOCC1)NCCc1cn2cccc(C)c2n1. The second-order valence-corrected chi connectivity index (χ2v) is 7.58. The van der Waals surface area contributed by atoms with E-state index in [1.54, 1.807) is 0 Å². The first-order valence-corrected chi connectivity index (χ1v) is 10.9. The number of nitrogens with one attached hydrogen (secondary N) is 2. The molecule has 29 heavy (non-hydrogen) atoms. The van der Waals surface area contributed by atoms with Crippen LogP contribution in [0.4, 0.5) is 0 Å². The molecule has 2 aromatic heterocycles. The summed E-state index contributed by atoms with van der Waals surface area (Å²) in [7, 11) is 0. The highest BCUT2D eigenvalue weighted by molar-refractivity contribution is 5.79. The topological polar surface area (TPSA) is 72.2 Å². The first-order valence-electron chi connectivity index (χ1n) is 10.9. The summed E-state index contributed by atoms with van der Waals surface area (Å²) in [6.07, 6.45) is 8.19. The lowest BCUT2D eigenvalue weighted by Gasteiger charge is -2.21. The van der Waals surface area contributed by atoms with Crippen LogP contribution in [0.25, 0.3) is 5.65 Å². The molecule has 0 amide bonds. The predicted molar refractivity (Wildman–Crippen MR) is 117 cm³/mol. The molecule has 0 bridgehead atoms. The van der Waals surface area contributed by atoms with Crippen LogP contribution < -0.4 is 10.6 Å². The van der Waals surface area contributed by atoms with Gasteiger partial charge in [0, 0.05) is 64.9 Å². The Morgan fingerprint density at radius 2 is 2.21 bits per heavy atom. The number of imidazole rings is 1. The Hall–Kier alpha value is -2.12. The fraction of sp³-hybridized carbons (Fsp3) is 0.636. The first-order chi connectivity index (χ1) is 14.3. The molecule has 0 unspecified atom stereocenters. The molecule has 0 saturated carbocycles. The third-order valence-electron chi connectivity index (χ3n) is 5.16. The molecular weight excluding hydrogens is 366 g/mol. The van der Waals surface area contributed by atoms with E-state index in [1.165, 1.54) is 5.56 Å². The van der Waals surface area contributed by atoms with Crippen molar-refractivity contribution < 1.29 is 9.47 Å². The quantitative estimate of drug-likeness (QED) is 0.364. The Morgan fingerprint density at radius 1 is 1.34 bits per heavy atom. The van der Waals surface area contributed by atoms with E-state index in [0.29, 0.717) is 5.92 Å². The van der Waals surface area contributed by atoms with Crippen LogP contribution in [-0.2, 0) is 15.9 Å². The summed E-state index contributed by atoms with van der Waals surface area (Å²) in [5.74, 6) is 1.52. The molecule has 0 spiro atoms. The molecule has 0 aliphatic carbocycles. The molecule has 3 rings (SSSR count). The zero-order valence-corrected chi connectivity index (χ0v) is 17.8. The van der Waals surface area contributed by atoms with Crippen LogP contribution in [0.15, 0.2) is 29.5 Å². The number of guanidine groups is 1. The lowest BCUT2D eigenvalue weighted by atomic mass is 10.0. The zero-order chi connectivity index (χ0) is 20.3. The number of aromatic nitrogens is 2. The van der Waals surface area contributed by atoms with Gasteiger partial charge in [-0.25, -0.2) is 4.98 Å². The zero-order valence-electron chi connectivity index (χ0n) is 17.8. The molecule has 1 fully saturated rings. The van der Waals surface area contributed by atoms with E-state index in [1.807, 2.05) is 6.20 Å². The average Bonchev–Trinajstić information content (AvgIpc) is 3.16. The van der Waals surface area contributed by atoms with Gasteiger partial charge in [0.25, 0.3) is 0 Å². The molecule has 160 valence electrons. The van der Waals surface area contributed by atoms with E-state index in [9.17, 15) is 0 Å². The largest absolute Gasteiger partial charge is 0.381 e. The van der Waals surface area contributed by atoms with Crippen LogP contribution in [0.5, 0.6) is 0 Å². The van der Waals surface area contributed by atoms with Crippen LogP contribution in [0.1, 0.15) is 37.4 Å². The summed E-state index contributed by atoms with van der Waals surface area (Å²) < 4.78 is 13.3. The van der Waals surface area contributed by atoms with Gasteiger partial charge < -0.3 is 24.5 Å². The van der Waals surface area contributed by atoms with E-state index in [0.717, 1.165) is 89.0 Å². The van der Waals surface area contributed by atoms with Crippen LogP contribution >= 0.6 is 0 Å². The molecule has 1 aliphatic heterocycles. The fourth-order valence-electron chi connectivity index (χ4n) is 3.50. The van der Waals surface area contributed by atoms with Gasteiger partial charge in [-0.3, -0.25) is 4.99 Å². The van der Waals surface area contributed by atoms with Gasteiger partial charge >= 0.3 is 0 Å². The lowest BCUT2D eigenvalue weighted by molar-refractivity contribution is 0.0205. The van der Waals surface area contributed by atoms with Crippen molar-refractivity contribution in [3.63, 3.8) is 0 Å². The van der Waals surface area contributed by atoms with E-state index < -0.39 is 0 Å². The van der Waals surface area contributed by atoms with Crippen molar-refractivity contribution in [3.05, 3.63) is 35.8 Å². The van der Waals surface area contributed by atoms with Crippen LogP contribution in [0, 0.1) is 12.8 Å². The van der Waals surface area contributed by atoms with Gasteiger partial charge in [0.05, 0.1) is 5.69 Å². The molecule has 2 aromatic rings. The van der Waals surface area contributed by atoms with E-state index in [-0.39, 0.29) is 0 Å². The van der Waals surface area contributed by atoms with Crippen molar-refractivity contribution in [2.75, 3.05) is 46.1 Å². The van der Waals surface area contributed by atoms with Gasteiger partial charge in [-0.15, -0.1) is 0 Å². The standard InChI is InChI=1S/C22H35N5O2/c1-3-23-22(24-10-5-13-29-17-19-8-14-28-15-9-19)25-11-7-20-16-27-12-4-6-18(2)21(27)26-20/h4,6,12,16,19H,3,5,7-11,13-15,17H2,1-2H3,(H2,23,24,25). The highest BCUT2D eigenvalue weighted by Crippen LogP contribution is 2.14. The Morgan fingerprint density at radius 3 is 3.00 bits per heavy atom. The van der Waals surface area contributed by atoms with Gasteiger partial charge in [-0.1, -0.05) is 6.07 Å². The van der Waals surface area contributed by atoms with Crippen LogP contribution in [-0.4, -0.2) is 61.4 Å². The van der Waals surface area contributed by atoms with Crippen molar-refractivity contribution in [3.8, 4) is 0 Å². The van der Waals surface area contributed by atoms with Crippen molar-refractivity contribution in [1.82, 2.24) is 20.0 Å². The second kappa shape index (κ2) is 11.8. The van der Waals surface area contributed by atoms with Crippen molar-refractivity contribution in [2.45, 2.75) is 39.5 Å². The number of nitrogens with zero attached hydrogens (tertiary/aromatic N) is 3. The third kappa shape index (κ3) is 7.01. The molecule has 1 aliphatic rings. The van der Waals surface area contributed by atoms with Crippen molar-refractivity contribution in [2.24, 2.45) is 10.9 Å². The normalized spacial score (nSPS) is 15.7. The maximum absolute atomic E-state index is 5.82. The number of pyridine rings is 1. The summed E-state index contributed by atoms with van der Waals surface area (Å²) in [5.41, 5.74) is 3.31. The van der Waals surface area contributed by atoms with Crippen molar-refractivity contribution in [1.29, 1.82) is 0 Å². The minimum atomic E-state index is 0.662. The maximum Gasteiger partial charge on any atom is 0.191 e. The minimum Gasteiger partial charge on any atom is -0.381 e. The number of aliphatic imine (C=N–C) groups is 1. The summed E-state index contributed by atoms with van der Waals surface area (Å²) in [6, 6.07) is 4.14. The van der Waals surface area contributed by atoms with Crippen molar-refractivity contribution >= 4 is 11.6 Å².